The standard InChI is InChI=1S/C11H15F3N2O2S/c1-16(6-5-11(12,13)14)10-15-8(7-19-10)3-4-9(17)18-2/h7H,3-6H2,1-2H3. The topological polar surface area (TPSA) is 42.4 Å². The molecule has 0 N–H and O–H groups in total. The molecule has 1 rings (SSSR count). The summed E-state index contributed by atoms with van der Waals surface area (Å²) in [5.41, 5.74) is 0.684. The van der Waals surface area contributed by atoms with Crippen molar-refractivity contribution in [1.82, 2.24) is 4.98 Å². The van der Waals surface area contributed by atoms with E-state index in [-0.39, 0.29) is 18.9 Å². The molecule has 0 amide bonds. The first-order valence-electron chi connectivity index (χ1n) is 5.61. The Morgan fingerprint density at radius 3 is 2.79 bits per heavy atom. The molecule has 0 atom stereocenters. The summed E-state index contributed by atoms with van der Waals surface area (Å²) < 4.78 is 40.8. The van der Waals surface area contributed by atoms with Gasteiger partial charge in [0.15, 0.2) is 5.13 Å². The van der Waals surface area contributed by atoms with Crippen molar-refractivity contribution >= 4 is 22.4 Å². The van der Waals surface area contributed by atoms with E-state index in [1.54, 1.807) is 12.4 Å². The fourth-order valence-corrected chi connectivity index (χ4v) is 2.16. The Morgan fingerprint density at radius 1 is 1.53 bits per heavy atom. The number of hydrogen-bond donors (Lipinski definition) is 0. The van der Waals surface area contributed by atoms with Crippen molar-refractivity contribution in [2.45, 2.75) is 25.4 Å². The summed E-state index contributed by atoms with van der Waals surface area (Å²) in [6.07, 6.45) is -4.40. The third-order valence-corrected chi connectivity index (χ3v) is 3.41. The van der Waals surface area contributed by atoms with Gasteiger partial charge in [-0.1, -0.05) is 0 Å². The molecule has 0 aliphatic heterocycles. The lowest BCUT2D eigenvalue weighted by atomic mass is 10.2. The predicted molar refractivity (Wildman–Crippen MR) is 66.4 cm³/mol. The van der Waals surface area contributed by atoms with Gasteiger partial charge in [-0.2, -0.15) is 13.2 Å². The van der Waals surface area contributed by atoms with Crippen LogP contribution in [-0.2, 0) is 16.0 Å². The fourth-order valence-electron chi connectivity index (χ4n) is 1.31. The van der Waals surface area contributed by atoms with Crippen LogP contribution in [0.3, 0.4) is 0 Å². The molecule has 0 aliphatic carbocycles. The number of anilines is 1. The fraction of sp³-hybridized carbons (Fsp3) is 0.636. The second kappa shape index (κ2) is 6.74. The van der Waals surface area contributed by atoms with Gasteiger partial charge < -0.3 is 9.64 Å². The maximum atomic E-state index is 12.1. The monoisotopic (exact) mass is 296 g/mol. The Hall–Kier alpha value is -1.31. The molecule has 0 saturated heterocycles. The molecule has 0 fully saturated rings. The van der Waals surface area contributed by atoms with E-state index in [2.05, 4.69) is 9.72 Å². The molecule has 108 valence electrons. The van der Waals surface area contributed by atoms with E-state index in [1.807, 2.05) is 0 Å². The number of aryl methyl sites for hydroxylation is 1. The minimum absolute atomic E-state index is 0.131. The van der Waals surface area contributed by atoms with Crippen LogP contribution in [0.2, 0.25) is 0 Å². The van der Waals surface area contributed by atoms with Crippen molar-refractivity contribution in [1.29, 1.82) is 0 Å². The van der Waals surface area contributed by atoms with Crippen LogP contribution in [0.25, 0.3) is 0 Å². The number of rotatable bonds is 6. The second-order valence-corrected chi connectivity index (χ2v) is 4.82. The van der Waals surface area contributed by atoms with Gasteiger partial charge >= 0.3 is 12.1 Å². The lowest BCUT2D eigenvalue weighted by Crippen LogP contribution is -2.23. The summed E-state index contributed by atoms with van der Waals surface area (Å²) in [5.74, 6) is -0.333. The highest BCUT2D eigenvalue weighted by molar-refractivity contribution is 7.13. The lowest BCUT2D eigenvalue weighted by molar-refractivity contribution is -0.140. The minimum atomic E-state index is -4.17. The van der Waals surface area contributed by atoms with Crippen LogP contribution in [0.5, 0.6) is 0 Å². The lowest BCUT2D eigenvalue weighted by Gasteiger charge is -2.16. The quantitative estimate of drug-likeness (QED) is 0.757. The SMILES string of the molecule is COC(=O)CCc1csc(N(C)CCC(F)(F)F)n1. The highest BCUT2D eigenvalue weighted by atomic mass is 32.1. The number of esters is 1. The summed E-state index contributed by atoms with van der Waals surface area (Å²) in [6, 6.07) is 0. The van der Waals surface area contributed by atoms with Crippen molar-refractivity contribution in [3.05, 3.63) is 11.1 Å². The van der Waals surface area contributed by atoms with E-state index in [9.17, 15) is 18.0 Å². The summed E-state index contributed by atoms with van der Waals surface area (Å²) in [6.45, 7) is -0.131. The summed E-state index contributed by atoms with van der Waals surface area (Å²) in [5, 5.41) is 2.26. The zero-order valence-corrected chi connectivity index (χ0v) is 11.5. The molecule has 0 saturated carbocycles. The van der Waals surface area contributed by atoms with Crippen LogP contribution >= 0.6 is 11.3 Å². The number of hydrogen-bond acceptors (Lipinski definition) is 5. The first-order valence-corrected chi connectivity index (χ1v) is 6.49. The number of alkyl halides is 3. The van der Waals surface area contributed by atoms with Crippen molar-refractivity contribution in [2.75, 3.05) is 25.6 Å². The van der Waals surface area contributed by atoms with E-state index in [4.69, 9.17) is 0 Å². The van der Waals surface area contributed by atoms with Crippen molar-refractivity contribution in [3.63, 3.8) is 0 Å². The zero-order chi connectivity index (χ0) is 14.5. The van der Waals surface area contributed by atoms with Crippen molar-refractivity contribution in [2.24, 2.45) is 0 Å². The highest BCUT2D eigenvalue weighted by Gasteiger charge is 2.27. The summed E-state index contributed by atoms with van der Waals surface area (Å²) in [4.78, 5) is 16.6. The largest absolute Gasteiger partial charge is 0.469 e. The number of halogens is 3. The summed E-state index contributed by atoms with van der Waals surface area (Å²) >= 11 is 1.26. The maximum absolute atomic E-state index is 12.1. The van der Waals surface area contributed by atoms with Crippen LogP contribution in [-0.4, -0.2) is 37.8 Å². The van der Waals surface area contributed by atoms with Gasteiger partial charge in [0.1, 0.15) is 0 Å². The van der Waals surface area contributed by atoms with Gasteiger partial charge in [-0.25, -0.2) is 4.98 Å². The molecule has 4 nitrogen and oxygen atoms in total. The number of nitrogens with zero attached hydrogens (tertiary/aromatic N) is 2. The first kappa shape index (κ1) is 15.7. The molecular formula is C11H15F3N2O2S. The molecule has 0 aliphatic rings. The van der Waals surface area contributed by atoms with Crippen LogP contribution in [0, 0.1) is 0 Å². The molecule has 0 aromatic carbocycles. The third-order valence-electron chi connectivity index (χ3n) is 2.41. The molecule has 0 bridgehead atoms. The number of methoxy groups -OCH3 is 1. The second-order valence-electron chi connectivity index (χ2n) is 3.98. The molecule has 1 heterocycles. The van der Waals surface area contributed by atoms with E-state index in [0.717, 1.165) is 0 Å². The maximum Gasteiger partial charge on any atom is 0.390 e. The Bertz CT molecular complexity index is 420. The van der Waals surface area contributed by atoms with Crippen LogP contribution in [0.15, 0.2) is 5.38 Å². The van der Waals surface area contributed by atoms with Crippen molar-refractivity contribution < 1.29 is 22.7 Å². The molecule has 0 unspecified atom stereocenters. The number of carbonyl (C=O) groups excluding carboxylic acids is 1. The van der Waals surface area contributed by atoms with Gasteiger partial charge in [0.05, 0.1) is 25.6 Å². The number of carbonyl (C=O) groups is 1. The molecular weight excluding hydrogens is 281 g/mol. The molecule has 1 aromatic heterocycles. The van der Waals surface area contributed by atoms with Gasteiger partial charge in [-0.15, -0.1) is 11.3 Å². The number of thiazole rings is 1. The molecule has 19 heavy (non-hydrogen) atoms. The molecule has 1 aromatic rings. The van der Waals surface area contributed by atoms with Gasteiger partial charge in [0, 0.05) is 25.4 Å². The van der Waals surface area contributed by atoms with E-state index in [0.29, 0.717) is 17.2 Å². The van der Waals surface area contributed by atoms with Gasteiger partial charge in [0.25, 0.3) is 0 Å². The molecule has 0 radical (unpaired) electrons. The predicted octanol–water partition coefficient (Wildman–Crippen LogP) is 2.64. The highest BCUT2D eigenvalue weighted by Crippen LogP contribution is 2.24. The Labute approximate surface area is 113 Å². The van der Waals surface area contributed by atoms with E-state index >= 15 is 0 Å². The van der Waals surface area contributed by atoms with Crippen molar-refractivity contribution in [3.8, 4) is 0 Å². The average molecular weight is 296 g/mol. The smallest absolute Gasteiger partial charge is 0.390 e. The Morgan fingerprint density at radius 2 is 2.21 bits per heavy atom. The van der Waals surface area contributed by atoms with E-state index < -0.39 is 12.6 Å². The average Bonchev–Trinajstić information content (AvgIpc) is 2.80. The van der Waals surface area contributed by atoms with Crippen LogP contribution < -0.4 is 4.90 Å². The summed E-state index contributed by atoms with van der Waals surface area (Å²) in [7, 11) is 2.87. The normalized spacial score (nSPS) is 11.4. The zero-order valence-electron chi connectivity index (χ0n) is 10.7. The van der Waals surface area contributed by atoms with Gasteiger partial charge in [-0.3, -0.25) is 4.79 Å². The molecule has 8 heteroatoms. The Balaban J connectivity index is 2.47. The molecule has 0 spiro atoms. The van der Waals surface area contributed by atoms with E-state index in [1.165, 1.54) is 23.3 Å². The van der Waals surface area contributed by atoms with Crippen LogP contribution in [0.4, 0.5) is 18.3 Å². The minimum Gasteiger partial charge on any atom is -0.469 e. The number of ether oxygens (including phenoxy) is 1. The van der Waals surface area contributed by atoms with Gasteiger partial charge in [-0.05, 0) is 0 Å². The Kier molecular flexibility index (Phi) is 5.59. The first-order chi connectivity index (χ1) is 8.81. The third kappa shape index (κ3) is 5.91. The number of aromatic nitrogens is 1. The van der Waals surface area contributed by atoms with Gasteiger partial charge in [0.2, 0.25) is 0 Å². The van der Waals surface area contributed by atoms with Crippen LogP contribution in [0.1, 0.15) is 18.5 Å².